The van der Waals surface area contributed by atoms with Gasteiger partial charge in [-0.15, -0.1) is 4.40 Å². The molecule has 2 heterocycles. The molecule has 2 aliphatic heterocycles. The predicted molar refractivity (Wildman–Crippen MR) is 107 cm³/mol. The van der Waals surface area contributed by atoms with Gasteiger partial charge in [-0.3, -0.25) is 4.79 Å². The van der Waals surface area contributed by atoms with Gasteiger partial charge in [0.15, 0.2) is 11.6 Å². The normalized spacial score (nSPS) is 18.9. The van der Waals surface area contributed by atoms with Gasteiger partial charge in [0.1, 0.15) is 4.90 Å². The second-order valence-corrected chi connectivity index (χ2v) is 10.4. The van der Waals surface area contributed by atoms with Crippen LogP contribution in [0.3, 0.4) is 0 Å². The Bertz CT molecular complexity index is 1210. The summed E-state index contributed by atoms with van der Waals surface area (Å²) in [5, 5.41) is 0. The Morgan fingerprint density at radius 1 is 0.966 bits per heavy atom. The molecule has 2 aliphatic rings. The van der Waals surface area contributed by atoms with Crippen molar-refractivity contribution in [2.24, 2.45) is 4.40 Å². The van der Waals surface area contributed by atoms with Gasteiger partial charge < -0.3 is 4.90 Å². The molecule has 2 aromatic carbocycles. The Kier molecular flexibility index (Phi) is 4.80. The van der Waals surface area contributed by atoms with E-state index in [-0.39, 0.29) is 28.7 Å². The lowest BCUT2D eigenvalue weighted by atomic mass is 10.2. The van der Waals surface area contributed by atoms with Crippen LogP contribution in [0.5, 0.6) is 0 Å². The van der Waals surface area contributed by atoms with Crippen LogP contribution in [0, 0.1) is 0 Å². The van der Waals surface area contributed by atoms with E-state index in [0.717, 1.165) is 0 Å². The minimum absolute atomic E-state index is 0.127. The lowest BCUT2D eigenvalue weighted by Gasteiger charge is -2.35. The minimum atomic E-state index is -3.71. The van der Waals surface area contributed by atoms with Crippen molar-refractivity contribution in [2.75, 3.05) is 26.2 Å². The fourth-order valence-corrected chi connectivity index (χ4v) is 6.12. The molecule has 0 spiro atoms. The van der Waals surface area contributed by atoms with Gasteiger partial charge in [0.2, 0.25) is 10.0 Å². The fourth-order valence-electron chi connectivity index (χ4n) is 3.47. The number of benzene rings is 2. The number of piperazine rings is 1. The van der Waals surface area contributed by atoms with Crippen molar-refractivity contribution < 1.29 is 21.6 Å². The van der Waals surface area contributed by atoms with E-state index in [1.807, 2.05) is 0 Å². The number of carbonyl (C=O) groups is 1. The number of carbonyl (C=O) groups excluding carboxylic acids is 1. The Morgan fingerprint density at radius 3 is 2.21 bits per heavy atom. The lowest BCUT2D eigenvalue weighted by molar-refractivity contribution is 0.101. The summed E-state index contributed by atoms with van der Waals surface area (Å²) >= 11 is 0. The van der Waals surface area contributed by atoms with Gasteiger partial charge in [0, 0.05) is 37.3 Å². The SMILES string of the molecule is CC(=O)c1ccc(S(=O)(=O)N2CCN(C3=NS(=O)(=O)c4ccccc43)CC2)cc1. The fraction of sp³-hybridized carbons (Fsp3) is 0.263. The highest BCUT2D eigenvalue weighted by Crippen LogP contribution is 2.28. The van der Waals surface area contributed by atoms with Gasteiger partial charge in [-0.05, 0) is 31.2 Å². The van der Waals surface area contributed by atoms with Crippen LogP contribution >= 0.6 is 0 Å². The summed E-state index contributed by atoms with van der Waals surface area (Å²) in [5.74, 6) is 0.235. The van der Waals surface area contributed by atoms with Gasteiger partial charge >= 0.3 is 0 Å². The third-order valence-electron chi connectivity index (χ3n) is 5.05. The van der Waals surface area contributed by atoms with Gasteiger partial charge in [0.05, 0.1) is 4.90 Å². The summed E-state index contributed by atoms with van der Waals surface area (Å²) in [4.78, 5) is 13.5. The maximum Gasteiger partial charge on any atom is 0.285 e. The summed E-state index contributed by atoms with van der Waals surface area (Å²) in [6.45, 7) is 2.49. The molecule has 0 saturated carbocycles. The summed E-state index contributed by atoms with van der Waals surface area (Å²) in [7, 11) is -7.41. The summed E-state index contributed by atoms with van der Waals surface area (Å²) in [5.41, 5.74) is 0.997. The molecule has 29 heavy (non-hydrogen) atoms. The van der Waals surface area contributed by atoms with E-state index in [1.54, 1.807) is 23.1 Å². The lowest BCUT2D eigenvalue weighted by Crippen LogP contribution is -2.50. The van der Waals surface area contributed by atoms with Crippen molar-refractivity contribution in [3.8, 4) is 0 Å². The molecule has 0 amide bonds. The van der Waals surface area contributed by atoms with Crippen molar-refractivity contribution in [1.82, 2.24) is 9.21 Å². The first kappa shape index (κ1) is 19.7. The molecule has 10 heteroatoms. The summed E-state index contributed by atoms with van der Waals surface area (Å²) in [6, 6.07) is 12.5. The molecule has 4 rings (SSSR count). The molecule has 2 aromatic rings. The molecular formula is C19H19N3O5S2. The van der Waals surface area contributed by atoms with E-state index in [2.05, 4.69) is 4.40 Å². The van der Waals surface area contributed by atoms with Crippen LogP contribution in [-0.2, 0) is 20.0 Å². The van der Waals surface area contributed by atoms with E-state index in [1.165, 1.54) is 41.6 Å². The molecule has 0 N–H and O–H groups in total. The van der Waals surface area contributed by atoms with Crippen LogP contribution < -0.4 is 0 Å². The number of hydrogen-bond acceptors (Lipinski definition) is 6. The van der Waals surface area contributed by atoms with Gasteiger partial charge in [-0.1, -0.05) is 24.3 Å². The first-order valence-corrected chi connectivity index (χ1v) is 11.9. The number of Topliss-reactive ketones (excluding diaryl/α,β-unsaturated/α-hetero) is 1. The number of hydrogen-bond donors (Lipinski definition) is 0. The number of amidine groups is 1. The topological polar surface area (TPSA) is 104 Å². The van der Waals surface area contributed by atoms with Crippen LogP contribution in [-0.4, -0.2) is 63.8 Å². The summed E-state index contributed by atoms with van der Waals surface area (Å²) < 4.78 is 55.5. The minimum Gasteiger partial charge on any atom is -0.353 e. The van der Waals surface area contributed by atoms with E-state index in [0.29, 0.717) is 30.1 Å². The van der Waals surface area contributed by atoms with E-state index in [4.69, 9.17) is 0 Å². The van der Waals surface area contributed by atoms with Crippen molar-refractivity contribution in [3.63, 3.8) is 0 Å². The highest BCUT2D eigenvalue weighted by atomic mass is 32.2. The maximum absolute atomic E-state index is 12.9. The highest BCUT2D eigenvalue weighted by molar-refractivity contribution is 7.90. The molecule has 0 bridgehead atoms. The van der Waals surface area contributed by atoms with Gasteiger partial charge in [-0.25, -0.2) is 8.42 Å². The molecule has 0 radical (unpaired) electrons. The molecule has 8 nitrogen and oxygen atoms in total. The van der Waals surface area contributed by atoms with Crippen LogP contribution in [0.25, 0.3) is 0 Å². The molecule has 152 valence electrons. The first-order chi connectivity index (χ1) is 13.7. The van der Waals surface area contributed by atoms with Crippen LogP contribution in [0.2, 0.25) is 0 Å². The Labute approximate surface area is 169 Å². The summed E-state index contributed by atoms with van der Waals surface area (Å²) in [6.07, 6.45) is 0. The monoisotopic (exact) mass is 433 g/mol. The van der Waals surface area contributed by atoms with Gasteiger partial charge in [0.25, 0.3) is 10.0 Å². The zero-order chi connectivity index (χ0) is 20.8. The van der Waals surface area contributed by atoms with Crippen LogP contribution in [0.4, 0.5) is 0 Å². The maximum atomic E-state index is 12.9. The Hall–Kier alpha value is -2.56. The van der Waals surface area contributed by atoms with E-state index in [9.17, 15) is 21.6 Å². The van der Waals surface area contributed by atoms with E-state index >= 15 is 0 Å². The molecule has 0 atom stereocenters. The average molecular weight is 434 g/mol. The zero-order valence-electron chi connectivity index (χ0n) is 15.6. The van der Waals surface area contributed by atoms with Crippen molar-refractivity contribution in [3.05, 3.63) is 59.7 Å². The first-order valence-electron chi connectivity index (χ1n) is 9.01. The molecule has 0 aliphatic carbocycles. The third-order valence-corrected chi connectivity index (χ3v) is 8.29. The zero-order valence-corrected chi connectivity index (χ0v) is 17.3. The van der Waals surface area contributed by atoms with Crippen LogP contribution in [0.1, 0.15) is 22.8 Å². The predicted octanol–water partition coefficient (Wildman–Crippen LogP) is 1.34. The van der Waals surface area contributed by atoms with Crippen molar-refractivity contribution in [1.29, 1.82) is 0 Å². The number of sulfonamides is 2. The van der Waals surface area contributed by atoms with Crippen molar-refractivity contribution >= 4 is 31.7 Å². The Morgan fingerprint density at radius 2 is 1.59 bits per heavy atom. The number of rotatable bonds is 3. The van der Waals surface area contributed by atoms with Crippen molar-refractivity contribution in [2.45, 2.75) is 16.7 Å². The average Bonchev–Trinajstić information content (AvgIpc) is 2.99. The number of ketones is 1. The molecule has 0 aromatic heterocycles. The molecule has 1 saturated heterocycles. The molecule has 1 fully saturated rings. The van der Waals surface area contributed by atoms with Crippen LogP contribution in [0.15, 0.2) is 62.7 Å². The largest absolute Gasteiger partial charge is 0.353 e. The standard InChI is InChI=1S/C19H19N3O5S2/c1-14(23)15-6-8-16(9-7-15)29(26,27)22-12-10-21(11-13-22)19-17-4-2-3-5-18(17)28(24,25)20-19/h2-9H,10-13H2,1H3. The molecule has 0 unspecified atom stereocenters. The highest BCUT2D eigenvalue weighted by Gasteiger charge is 2.35. The smallest absolute Gasteiger partial charge is 0.285 e. The number of fused-ring (bicyclic) bond motifs is 1. The van der Waals surface area contributed by atoms with E-state index < -0.39 is 20.0 Å². The second-order valence-electron chi connectivity index (χ2n) is 6.86. The quantitative estimate of drug-likeness (QED) is 0.677. The second kappa shape index (κ2) is 7.05. The number of nitrogens with zero attached hydrogens (tertiary/aromatic N) is 3. The Balaban J connectivity index is 1.52. The third kappa shape index (κ3) is 3.47. The molecular weight excluding hydrogens is 414 g/mol. The van der Waals surface area contributed by atoms with Gasteiger partial charge in [-0.2, -0.15) is 12.7 Å².